The van der Waals surface area contributed by atoms with Gasteiger partial charge in [0.15, 0.2) is 5.82 Å². The summed E-state index contributed by atoms with van der Waals surface area (Å²) < 4.78 is 0. The summed E-state index contributed by atoms with van der Waals surface area (Å²) in [6.07, 6.45) is 4.82. The fourth-order valence-corrected chi connectivity index (χ4v) is 2.68. The van der Waals surface area contributed by atoms with Gasteiger partial charge in [0, 0.05) is 17.3 Å². The molecule has 2 aromatic carbocycles. The summed E-state index contributed by atoms with van der Waals surface area (Å²) in [5.41, 5.74) is 5.21. The smallest absolute Gasteiger partial charge is 0.162 e. The fourth-order valence-electron chi connectivity index (χ4n) is 2.68. The maximum Gasteiger partial charge on any atom is 0.162 e. The fraction of sp³-hybridized carbons (Fsp3) is 0. The van der Waals surface area contributed by atoms with Gasteiger partial charge in [0.1, 0.15) is 12.7 Å². The molecule has 4 nitrogen and oxygen atoms in total. The SMILES string of the molecule is c1ccc(-c2ccc(-c3ncncn3)cc2-c2ccccn2)cc1. The van der Waals surface area contributed by atoms with Gasteiger partial charge in [0.25, 0.3) is 0 Å². The average molecular weight is 310 g/mol. The molecule has 0 radical (unpaired) electrons. The van der Waals surface area contributed by atoms with Crippen LogP contribution in [0.1, 0.15) is 0 Å². The number of aromatic nitrogens is 4. The zero-order valence-electron chi connectivity index (χ0n) is 12.9. The number of hydrogen-bond donors (Lipinski definition) is 0. The van der Waals surface area contributed by atoms with Crippen molar-refractivity contribution in [2.24, 2.45) is 0 Å². The minimum atomic E-state index is 0.654. The molecule has 0 aliphatic heterocycles. The van der Waals surface area contributed by atoms with E-state index in [1.807, 2.05) is 42.5 Å². The predicted octanol–water partition coefficient (Wildman–Crippen LogP) is 4.27. The molecule has 4 rings (SSSR count). The molecular weight excluding hydrogens is 296 g/mol. The van der Waals surface area contributed by atoms with Gasteiger partial charge < -0.3 is 0 Å². The van der Waals surface area contributed by atoms with Gasteiger partial charge in [-0.05, 0) is 29.3 Å². The average Bonchev–Trinajstić information content (AvgIpc) is 2.69. The van der Waals surface area contributed by atoms with Gasteiger partial charge in [0.05, 0.1) is 5.69 Å². The molecular formula is C20H14N4. The van der Waals surface area contributed by atoms with E-state index in [0.717, 1.165) is 27.9 Å². The summed E-state index contributed by atoms with van der Waals surface area (Å²) in [7, 11) is 0. The van der Waals surface area contributed by atoms with Crippen molar-refractivity contribution in [3.63, 3.8) is 0 Å². The second-order valence-corrected chi connectivity index (χ2v) is 5.30. The first-order valence-corrected chi connectivity index (χ1v) is 7.65. The zero-order valence-corrected chi connectivity index (χ0v) is 12.9. The van der Waals surface area contributed by atoms with Crippen LogP contribution in [0.2, 0.25) is 0 Å². The van der Waals surface area contributed by atoms with Crippen molar-refractivity contribution < 1.29 is 0 Å². The van der Waals surface area contributed by atoms with Crippen LogP contribution in [0.15, 0.2) is 85.6 Å². The van der Waals surface area contributed by atoms with Crippen LogP contribution in [0.5, 0.6) is 0 Å². The van der Waals surface area contributed by atoms with Crippen molar-refractivity contribution in [1.82, 2.24) is 19.9 Å². The van der Waals surface area contributed by atoms with Crippen molar-refractivity contribution in [2.45, 2.75) is 0 Å². The monoisotopic (exact) mass is 310 g/mol. The van der Waals surface area contributed by atoms with Gasteiger partial charge in [-0.15, -0.1) is 0 Å². The Labute approximate surface area is 139 Å². The summed E-state index contributed by atoms with van der Waals surface area (Å²) in [5.74, 6) is 0.654. The highest BCUT2D eigenvalue weighted by Gasteiger charge is 2.11. The molecule has 0 unspecified atom stereocenters. The molecule has 0 aliphatic rings. The van der Waals surface area contributed by atoms with Crippen molar-refractivity contribution in [3.8, 4) is 33.8 Å². The Morgan fingerprint density at radius 1 is 0.583 bits per heavy atom. The third-order valence-corrected chi connectivity index (χ3v) is 3.80. The Kier molecular flexibility index (Phi) is 3.78. The van der Waals surface area contributed by atoms with Crippen LogP contribution in [0.4, 0.5) is 0 Å². The minimum Gasteiger partial charge on any atom is -0.256 e. The Morgan fingerprint density at radius 2 is 1.38 bits per heavy atom. The summed E-state index contributed by atoms with van der Waals surface area (Å²) in [4.78, 5) is 16.9. The van der Waals surface area contributed by atoms with Crippen LogP contribution in [0, 0.1) is 0 Å². The van der Waals surface area contributed by atoms with E-state index in [1.165, 1.54) is 12.7 Å². The maximum atomic E-state index is 4.52. The number of pyridine rings is 1. The van der Waals surface area contributed by atoms with Crippen molar-refractivity contribution >= 4 is 0 Å². The number of rotatable bonds is 3. The second kappa shape index (κ2) is 6.38. The molecule has 0 atom stereocenters. The Morgan fingerprint density at radius 3 is 2.12 bits per heavy atom. The topological polar surface area (TPSA) is 51.6 Å². The standard InChI is InChI=1S/C20H14N4/c1-2-6-15(7-3-1)17-10-9-16(20-23-13-21-14-24-20)12-18(17)19-8-4-5-11-22-19/h1-14H. The van der Waals surface area contributed by atoms with E-state index in [0.29, 0.717) is 5.82 Å². The van der Waals surface area contributed by atoms with E-state index in [1.54, 1.807) is 6.20 Å². The number of nitrogens with zero attached hydrogens (tertiary/aromatic N) is 4. The number of hydrogen-bond acceptors (Lipinski definition) is 4. The van der Waals surface area contributed by atoms with Gasteiger partial charge in [-0.1, -0.05) is 48.5 Å². The summed E-state index contributed by atoms with van der Waals surface area (Å²) in [6, 6.07) is 22.4. The number of benzene rings is 2. The lowest BCUT2D eigenvalue weighted by Gasteiger charge is -2.11. The molecule has 2 aromatic heterocycles. The molecule has 4 heteroatoms. The Hall–Kier alpha value is -3.40. The molecule has 0 fully saturated rings. The van der Waals surface area contributed by atoms with Gasteiger partial charge >= 0.3 is 0 Å². The molecule has 0 bridgehead atoms. The van der Waals surface area contributed by atoms with Gasteiger partial charge in [-0.2, -0.15) is 0 Å². The lowest BCUT2D eigenvalue weighted by Crippen LogP contribution is -1.92. The zero-order chi connectivity index (χ0) is 16.2. The van der Waals surface area contributed by atoms with E-state index in [4.69, 9.17) is 0 Å². The first-order valence-electron chi connectivity index (χ1n) is 7.65. The van der Waals surface area contributed by atoms with E-state index in [2.05, 4.69) is 44.2 Å². The normalized spacial score (nSPS) is 10.5. The minimum absolute atomic E-state index is 0.654. The lowest BCUT2D eigenvalue weighted by atomic mass is 9.95. The molecule has 0 saturated heterocycles. The van der Waals surface area contributed by atoms with Crippen LogP contribution in [-0.4, -0.2) is 19.9 Å². The van der Waals surface area contributed by atoms with E-state index in [-0.39, 0.29) is 0 Å². The Balaban J connectivity index is 1.92. The van der Waals surface area contributed by atoms with E-state index >= 15 is 0 Å². The molecule has 0 saturated carbocycles. The molecule has 2 heterocycles. The molecule has 0 amide bonds. The predicted molar refractivity (Wildman–Crippen MR) is 93.9 cm³/mol. The summed E-state index contributed by atoms with van der Waals surface area (Å²) in [6.45, 7) is 0. The largest absolute Gasteiger partial charge is 0.256 e. The van der Waals surface area contributed by atoms with Crippen LogP contribution < -0.4 is 0 Å². The third-order valence-electron chi connectivity index (χ3n) is 3.80. The molecule has 0 spiro atoms. The van der Waals surface area contributed by atoms with Crippen LogP contribution >= 0.6 is 0 Å². The quantitative estimate of drug-likeness (QED) is 0.567. The first kappa shape index (κ1) is 14.2. The third kappa shape index (κ3) is 2.77. The van der Waals surface area contributed by atoms with Crippen LogP contribution in [0.25, 0.3) is 33.8 Å². The second-order valence-electron chi connectivity index (χ2n) is 5.30. The highest BCUT2D eigenvalue weighted by Crippen LogP contribution is 2.33. The van der Waals surface area contributed by atoms with Gasteiger partial charge in [-0.3, -0.25) is 4.98 Å². The van der Waals surface area contributed by atoms with Gasteiger partial charge in [-0.25, -0.2) is 15.0 Å². The van der Waals surface area contributed by atoms with E-state index in [9.17, 15) is 0 Å². The summed E-state index contributed by atoms with van der Waals surface area (Å²) >= 11 is 0. The Bertz CT molecular complexity index is 939. The lowest BCUT2D eigenvalue weighted by molar-refractivity contribution is 1.06. The molecule has 24 heavy (non-hydrogen) atoms. The van der Waals surface area contributed by atoms with E-state index < -0.39 is 0 Å². The van der Waals surface area contributed by atoms with Crippen LogP contribution in [-0.2, 0) is 0 Å². The molecule has 0 N–H and O–H groups in total. The van der Waals surface area contributed by atoms with Gasteiger partial charge in [0.2, 0.25) is 0 Å². The summed E-state index contributed by atoms with van der Waals surface area (Å²) in [5, 5.41) is 0. The maximum absolute atomic E-state index is 4.52. The molecule has 4 aromatic rings. The van der Waals surface area contributed by atoms with Crippen molar-refractivity contribution in [2.75, 3.05) is 0 Å². The highest BCUT2D eigenvalue weighted by molar-refractivity contribution is 5.84. The molecule has 114 valence electrons. The first-order chi connectivity index (χ1) is 11.9. The highest BCUT2D eigenvalue weighted by atomic mass is 15.0. The molecule has 0 aliphatic carbocycles. The van der Waals surface area contributed by atoms with Crippen molar-refractivity contribution in [1.29, 1.82) is 0 Å². The van der Waals surface area contributed by atoms with Crippen LogP contribution in [0.3, 0.4) is 0 Å². The van der Waals surface area contributed by atoms with Crippen molar-refractivity contribution in [3.05, 3.63) is 85.6 Å².